The summed E-state index contributed by atoms with van der Waals surface area (Å²) in [5, 5.41) is 34.5. The molecule has 23 nitrogen and oxygen atoms in total. The number of allylic oxidation sites excluding steroid dienone is 6. The number of ether oxygens (including phenoxy) is 5. The number of aromatic nitrogens is 4. The van der Waals surface area contributed by atoms with Crippen molar-refractivity contribution in [2.75, 3.05) is 63.8 Å². The maximum atomic E-state index is 14.6. The SMILES string of the molecule is CO[C@H]1C[C@@H]2CC[C@@H](C)[C@@](O)(O2)C(=O)C(=O)N2CCCC[C@H]2C(=O)O[C@H]([C@H](N)C[C@@H]2CC[C@@H](OC(=O)N(C)Cc3cnc(N4CCN(c5ncc(C)cn5)CC4)nc3)[C@H](OC)C2)CC(=O)[C@H](C)/C=C(\C)[C@@H](O)[C@@H](O)C(=O)[C@H](C)C[C@H](C)/C=C/C=CC=C1C. The molecule has 3 saturated heterocycles. The van der Waals surface area contributed by atoms with Crippen molar-refractivity contribution in [3.8, 4) is 0 Å². The van der Waals surface area contributed by atoms with E-state index in [-0.39, 0.29) is 49.8 Å². The fourth-order valence-electron chi connectivity index (χ4n) is 12.6. The molecule has 4 aliphatic heterocycles. The molecule has 2 amide bonds. The molecule has 2 aromatic heterocycles. The molecule has 0 radical (unpaired) electrons. The third kappa shape index (κ3) is 18.0. The van der Waals surface area contributed by atoms with E-state index in [9.17, 15) is 44.1 Å². The van der Waals surface area contributed by atoms with Crippen LogP contribution in [0.4, 0.5) is 16.7 Å². The first-order valence-electron chi connectivity index (χ1n) is 31.3. The molecule has 7 rings (SSSR count). The number of amides is 2. The Bertz CT molecular complexity index is 2830. The third-order valence-corrected chi connectivity index (χ3v) is 18.3. The minimum Gasteiger partial charge on any atom is -0.459 e. The number of anilines is 2. The summed E-state index contributed by atoms with van der Waals surface area (Å²) in [5.74, 6) is -7.89. The molecule has 0 unspecified atom stereocenters. The number of hydrogen-bond acceptors (Lipinski definition) is 21. The van der Waals surface area contributed by atoms with Gasteiger partial charge in [0.05, 0.1) is 24.9 Å². The van der Waals surface area contributed by atoms with E-state index in [2.05, 4.69) is 29.7 Å². The molecule has 6 heterocycles. The van der Waals surface area contributed by atoms with Crippen molar-refractivity contribution in [3.05, 3.63) is 83.5 Å². The largest absolute Gasteiger partial charge is 0.459 e. The minimum absolute atomic E-state index is 0.0103. The van der Waals surface area contributed by atoms with Crippen LogP contribution in [0.2, 0.25) is 0 Å². The highest BCUT2D eigenvalue weighted by atomic mass is 16.6. The predicted octanol–water partition coefficient (Wildman–Crippen LogP) is 5.71. The Hall–Kier alpha value is -6.34. The number of fused-ring (bicyclic) bond motifs is 3. The fraction of sp³-hybridized carbons (Fsp3) is 0.662. The summed E-state index contributed by atoms with van der Waals surface area (Å²) in [5.41, 5.74) is 9.77. The number of nitrogens with zero attached hydrogens (tertiary/aromatic N) is 8. The normalized spacial score (nSPS) is 32.9. The molecule has 2 bridgehead atoms. The number of piperidine rings is 1. The van der Waals surface area contributed by atoms with E-state index < -0.39 is 120 Å². The first-order chi connectivity index (χ1) is 41.9. The molecule has 15 atom stereocenters. The highest BCUT2D eigenvalue weighted by Gasteiger charge is 2.53. The Morgan fingerprint density at radius 2 is 1.44 bits per heavy atom. The van der Waals surface area contributed by atoms with E-state index in [1.807, 2.05) is 51.2 Å². The summed E-state index contributed by atoms with van der Waals surface area (Å²) in [7, 11) is 4.72. The number of rotatable bonds is 10. The number of hydrogen-bond donors (Lipinski definition) is 4. The summed E-state index contributed by atoms with van der Waals surface area (Å²) >= 11 is 0. The number of aliphatic hydroxyl groups excluding tert-OH is 2. The van der Waals surface area contributed by atoms with Gasteiger partial charge in [0, 0.05) is 121 Å². The van der Waals surface area contributed by atoms with Crippen molar-refractivity contribution in [1.29, 1.82) is 0 Å². The van der Waals surface area contributed by atoms with Crippen LogP contribution in [0.5, 0.6) is 0 Å². The second-order valence-electron chi connectivity index (χ2n) is 25.2. The quantitative estimate of drug-likeness (QED) is 0.126. The number of aliphatic hydroxyl groups is 3. The lowest BCUT2D eigenvalue weighted by atomic mass is 9.80. The average Bonchev–Trinajstić information content (AvgIpc) is 2.53. The molecule has 1 saturated carbocycles. The number of Topliss-reactive ketones (excluding diaryl/α,β-unsaturated/α-hetero) is 3. The van der Waals surface area contributed by atoms with Gasteiger partial charge < -0.3 is 64.3 Å². The Morgan fingerprint density at radius 1 is 0.784 bits per heavy atom. The molecular formula is C65H95N9O14. The van der Waals surface area contributed by atoms with Crippen LogP contribution in [0, 0.1) is 36.5 Å². The van der Waals surface area contributed by atoms with Gasteiger partial charge >= 0.3 is 12.1 Å². The molecule has 5 N–H and O–H groups in total. The van der Waals surface area contributed by atoms with Crippen LogP contribution in [0.1, 0.15) is 130 Å². The zero-order chi connectivity index (χ0) is 64.0. The van der Waals surface area contributed by atoms with E-state index in [4.69, 9.17) is 29.4 Å². The van der Waals surface area contributed by atoms with Crippen LogP contribution in [0.15, 0.2) is 72.4 Å². The monoisotopic (exact) mass is 1230 g/mol. The summed E-state index contributed by atoms with van der Waals surface area (Å²) < 4.78 is 30.2. The summed E-state index contributed by atoms with van der Waals surface area (Å²) in [6.45, 7) is 15.2. The molecule has 1 aliphatic carbocycles. The maximum absolute atomic E-state index is 14.6. The van der Waals surface area contributed by atoms with Gasteiger partial charge in [-0.1, -0.05) is 64.2 Å². The lowest BCUT2D eigenvalue weighted by Gasteiger charge is -2.42. The molecule has 0 aromatic carbocycles. The molecule has 2 aromatic rings. The van der Waals surface area contributed by atoms with Gasteiger partial charge in [0.2, 0.25) is 17.7 Å². The summed E-state index contributed by atoms with van der Waals surface area (Å²) in [6.07, 6.45) is 14.2. The number of methoxy groups -OCH3 is 2. The average molecular weight is 1230 g/mol. The number of carbonyl (C=O) groups is 6. The van der Waals surface area contributed by atoms with Crippen LogP contribution in [-0.2, 0) is 54.2 Å². The Labute approximate surface area is 518 Å². The molecular weight excluding hydrogens is 1130 g/mol. The van der Waals surface area contributed by atoms with Gasteiger partial charge in [0.15, 0.2) is 5.78 Å². The molecule has 23 heteroatoms. The van der Waals surface area contributed by atoms with Crippen LogP contribution in [-0.4, -0.2) is 195 Å². The van der Waals surface area contributed by atoms with Crippen molar-refractivity contribution in [3.63, 3.8) is 0 Å². The van der Waals surface area contributed by atoms with Gasteiger partial charge in [-0.15, -0.1) is 0 Å². The van der Waals surface area contributed by atoms with Gasteiger partial charge in [-0.25, -0.2) is 29.5 Å². The van der Waals surface area contributed by atoms with Crippen molar-refractivity contribution in [1.82, 2.24) is 29.7 Å². The van der Waals surface area contributed by atoms with Gasteiger partial charge in [0.1, 0.15) is 36.2 Å². The van der Waals surface area contributed by atoms with E-state index in [1.165, 1.54) is 25.0 Å². The van der Waals surface area contributed by atoms with Crippen molar-refractivity contribution >= 4 is 47.2 Å². The van der Waals surface area contributed by atoms with Gasteiger partial charge in [0.25, 0.3) is 11.7 Å². The number of piperazine rings is 1. The molecule has 484 valence electrons. The second kappa shape index (κ2) is 31.9. The van der Waals surface area contributed by atoms with Crippen LogP contribution < -0.4 is 15.5 Å². The smallest absolute Gasteiger partial charge is 0.410 e. The number of carbonyl (C=O) groups excluding carboxylic acids is 6. The molecule has 4 fully saturated rings. The predicted molar refractivity (Wildman–Crippen MR) is 328 cm³/mol. The van der Waals surface area contributed by atoms with Crippen LogP contribution in [0.25, 0.3) is 0 Å². The first kappa shape index (κ1) is 69.1. The maximum Gasteiger partial charge on any atom is 0.410 e. The highest BCUT2D eigenvalue weighted by molar-refractivity contribution is 6.39. The van der Waals surface area contributed by atoms with E-state index in [0.717, 1.165) is 16.0 Å². The Balaban J connectivity index is 1.04. The number of ketones is 3. The van der Waals surface area contributed by atoms with Crippen molar-refractivity contribution < 1.29 is 67.8 Å². The standard InChI is InChI=1S/C65H95N9O14/c1-39-16-12-11-13-17-41(3)53(84-9)32-48-21-19-45(7)65(83,88-48)59(79)60(80)74-23-15-14-18-50(74)61(81)86-54(33-51(75)42(4)29-44(6)57(77)58(78)56(76)43(5)28-39)49(66)30-46-20-22-52(55(31-46)85-10)87-64(82)71(8)38-47-36-69-63(70-37-47)73-26-24-72(25-27-73)62-67-34-40(2)35-68-62/h11-13,16-17,29,34-37,39,42-43,45-46,48-50,52-55,57-58,77-78,83H,14-15,18-28,30-33,38,66H2,1-10H3/b13-11?,16-12+,41-17?,44-29+/t39-,42-,43-,45-,46+,48+,49-,50+,52-,53+,54+,55-,57-,58+,65-/m1/s1. The van der Waals surface area contributed by atoms with Gasteiger partial charge in [-0.3, -0.25) is 19.2 Å². The zero-order valence-corrected chi connectivity index (χ0v) is 53.1. The van der Waals surface area contributed by atoms with Crippen LogP contribution in [0.3, 0.4) is 0 Å². The van der Waals surface area contributed by atoms with Crippen molar-refractivity contribution in [2.24, 2.45) is 35.3 Å². The van der Waals surface area contributed by atoms with Gasteiger partial charge in [-0.2, -0.15) is 0 Å². The number of esters is 1. The number of aryl methyl sites for hydroxylation is 1. The van der Waals surface area contributed by atoms with Gasteiger partial charge in [-0.05, 0) is 114 Å². The highest BCUT2D eigenvalue weighted by Crippen LogP contribution is 2.38. The second-order valence-corrected chi connectivity index (χ2v) is 25.2. The third-order valence-electron chi connectivity index (χ3n) is 18.3. The lowest BCUT2D eigenvalue weighted by Crippen LogP contribution is -2.61. The Morgan fingerprint density at radius 3 is 2.09 bits per heavy atom. The number of nitrogens with two attached hydrogens (primary N) is 1. The van der Waals surface area contributed by atoms with Crippen LogP contribution >= 0.6 is 0 Å². The Kier molecular flexibility index (Phi) is 25.1. The fourth-order valence-corrected chi connectivity index (χ4v) is 12.6. The molecule has 88 heavy (non-hydrogen) atoms. The zero-order valence-electron chi connectivity index (χ0n) is 53.1. The molecule has 0 spiro atoms. The topological polar surface area (TPSA) is 300 Å². The van der Waals surface area contributed by atoms with Crippen molar-refractivity contribution in [2.45, 2.75) is 193 Å². The molecule has 5 aliphatic rings. The van der Waals surface area contributed by atoms with E-state index in [1.54, 1.807) is 59.7 Å². The minimum atomic E-state index is -2.50. The number of cyclic esters (lactones) is 1. The van der Waals surface area contributed by atoms with E-state index >= 15 is 0 Å². The summed E-state index contributed by atoms with van der Waals surface area (Å²) in [4.78, 5) is 110. The summed E-state index contributed by atoms with van der Waals surface area (Å²) in [6, 6.07) is -2.22. The van der Waals surface area contributed by atoms with E-state index in [0.29, 0.717) is 95.0 Å². The first-order valence-corrected chi connectivity index (χ1v) is 31.3. The lowest BCUT2D eigenvalue weighted by molar-refractivity contribution is -0.265.